The third-order valence-corrected chi connectivity index (χ3v) is 7.04. The van der Waals surface area contributed by atoms with E-state index in [0.29, 0.717) is 5.76 Å². The standard InChI is InChI=1S/C23H26N2O5S/c1-17(2)24(3)31(28,29)22-8-4-6-19(14-22)23(27)25(16-21-7-5-13-30-21)15-18-9-11-20(26)12-10-18/h4-14,17,26H,15-16H2,1-3H3. The largest absolute Gasteiger partial charge is 0.508 e. The van der Waals surface area contributed by atoms with Gasteiger partial charge in [0, 0.05) is 25.2 Å². The van der Waals surface area contributed by atoms with Crippen molar-refractivity contribution in [1.82, 2.24) is 9.21 Å². The third kappa shape index (κ3) is 5.34. The molecule has 2 aromatic carbocycles. The topological polar surface area (TPSA) is 91.1 Å². The second kappa shape index (κ2) is 9.36. The highest BCUT2D eigenvalue weighted by Gasteiger charge is 2.25. The molecule has 31 heavy (non-hydrogen) atoms. The van der Waals surface area contributed by atoms with Gasteiger partial charge in [0.1, 0.15) is 11.5 Å². The van der Waals surface area contributed by atoms with Crippen LogP contribution in [0.1, 0.15) is 35.5 Å². The molecule has 0 aliphatic carbocycles. The Morgan fingerprint density at radius 1 is 1.03 bits per heavy atom. The van der Waals surface area contributed by atoms with Gasteiger partial charge in [-0.2, -0.15) is 4.31 Å². The summed E-state index contributed by atoms with van der Waals surface area (Å²) in [5.41, 5.74) is 1.09. The Morgan fingerprint density at radius 3 is 2.35 bits per heavy atom. The summed E-state index contributed by atoms with van der Waals surface area (Å²) in [4.78, 5) is 15.0. The molecule has 3 rings (SSSR count). The van der Waals surface area contributed by atoms with Crippen molar-refractivity contribution in [2.75, 3.05) is 7.05 Å². The summed E-state index contributed by atoms with van der Waals surface area (Å²) in [5.74, 6) is 0.420. The quantitative estimate of drug-likeness (QED) is 0.572. The third-order valence-electron chi connectivity index (χ3n) is 5.01. The molecule has 0 unspecified atom stereocenters. The summed E-state index contributed by atoms with van der Waals surface area (Å²) in [7, 11) is -2.20. The van der Waals surface area contributed by atoms with Crippen LogP contribution in [0.2, 0.25) is 0 Å². The highest BCUT2D eigenvalue weighted by Crippen LogP contribution is 2.21. The van der Waals surface area contributed by atoms with Crippen LogP contribution in [-0.2, 0) is 23.1 Å². The van der Waals surface area contributed by atoms with Gasteiger partial charge >= 0.3 is 0 Å². The number of rotatable bonds is 8. The number of carbonyl (C=O) groups excluding carboxylic acids is 1. The summed E-state index contributed by atoms with van der Waals surface area (Å²) < 4.78 is 32.4. The molecule has 0 aliphatic rings. The monoisotopic (exact) mass is 442 g/mol. The zero-order chi connectivity index (χ0) is 22.6. The Balaban J connectivity index is 1.92. The van der Waals surface area contributed by atoms with E-state index in [1.165, 1.54) is 29.7 Å². The summed E-state index contributed by atoms with van der Waals surface area (Å²) in [6.07, 6.45) is 1.54. The zero-order valence-electron chi connectivity index (χ0n) is 17.7. The van der Waals surface area contributed by atoms with E-state index >= 15 is 0 Å². The number of carbonyl (C=O) groups is 1. The van der Waals surface area contributed by atoms with Gasteiger partial charge < -0.3 is 14.4 Å². The molecule has 0 fully saturated rings. The molecule has 0 spiro atoms. The molecular formula is C23H26N2O5S. The van der Waals surface area contributed by atoms with Crippen molar-refractivity contribution in [3.63, 3.8) is 0 Å². The number of hydrogen-bond acceptors (Lipinski definition) is 5. The Kier molecular flexibility index (Phi) is 6.82. The molecule has 0 radical (unpaired) electrons. The molecule has 0 bridgehead atoms. The maximum absolute atomic E-state index is 13.4. The Bertz CT molecular complexity index is 1120. The first-order valence-corrected chi connectivity index (χ1v) is 11.3. The molecule has 0 aliphatic heterocycles. The lowest BCUT2D eigenvalue weighted by Crippen LogP contribution is -2.33. The Hall–Kier alpha value is -3.10. The van der Waals surface area contributed by atoms with E-state index in [1.807, 2.05) is 0 Å². The average Bonchev–Trinajstić information content (AvgIpc) is 3.27. The normalized spacial score (nSPS) is 11.8. The highest BCUT2D eigenvalue weighted by atomic mass is 32.2. The summed E-state index contributed by atoms with van der Waals surface area (Å²) in [5, 5.41) is 9.52. The molecule has 1 heterocycles. The number of phenols is 1. The van der Waals surface area contributed by atoms with Crippen LogP contribution in [0.3, 0.4) is 0 Å². The van der Waals surface area contributed by atoms with Crippen molar-refractivity contribution in [3.8, 4) is 5.75 Å². The molecule has 0 atom stereocenters. The summed E-state index contributed by atoms with van der Waals surface area (Å²) in [6, 6.07) is 15.9. The fourth-order valence-corrected chi connectivity index (χ4v) is 4.44. The first-order chi connectivity index (χ1) is 14.7. The van der Waals surface area contributed by atoms with Crippen molar-refractivity contribution in [1.29, 1.82) is 0 Å². The molecule has 3 aromatic rings. The number of amides is 1. The van der Waals surface area contributed by atoms with Crippen LogP contribution in [0.5, 0.6) is 5.75 Å². The van der Waals surface area contributed by atoms with Crippen LogP contribution < -0.4 is 0 Å². The van der Waals surface area contributed by atoms with Gasteiger partial charge in [-0.3, -0.25) is 4.79 Å². The van der Waals surface area contributed by atoms with Crippen molar-refractivity contribution in [3.05, 3.63) is 83.8 Å². The lowest BCUT2D eigenvalue weighted by molar-refractivity contribution is 0.0717. The molecule has 7 nitrogen and oxygen atoms in total. The van der Waals surface area contributed by atoms with Gasteiger partial charge in [-0.15, -0.1) is 0 Å². The molecule has 0 saturated heterocycles. The van der Waals surface area contributed by atoms with E-state index in [4.69, 9.17) is 4.42 Å². The van der Waals surface area contributed by atoms with Crippen LogP contribution in [0, 0.1) is 0 Å². The molecule has 1 amide bonds. The number of nitrogens with zero attached hydrogens (tertiary/aromatic N) is 2. The minimum absolute atomic E-state index is 0.0668. The van der Waals surface area contributed by atoms with Crippen molar-refractivity contribution >= 4 is 15.9 Å². The van der Waals surface area contributed by atoms with E-state index in [1.54, 1.807) is 67.3 Å². The first kappa shape index (κ1) is 22.6. The van der Waals surface area contributed by atoms with Crippen molar-refractivity contribution in [2.24, 2.45) is 0 Å². The van der Waals surface area contributed by atoms with E-state index in [0.717, 1.165) is 5.56 Å². The first-order valence-electron chi connectivity index (χ1n) is 9.86. The smallest absolute Gasteiger partial charge is 0.254 e. The van der Waals surface area contributed by atoms with E-state index < -0.39 is 10.0 Å². The number of benzene rings is 2. The minimum Gasteiger partial charge on any atom is -0.508 e. The summed E-state index contributed by atoms with van der Waals surface area (Å²) >= 11 is 0. The highest BCUT2D eigenvalue weighted by molar-refractivity contribution is 7.89. The fourth-order valence-electron chi connectivity index (χ4n) is 3.03. The second-order valence-corrected chi connectivity index (χ2v) is 9.55. The predicted octanol–water partition coefficient (Wildman–Crippen LogP) is 3.86. The predicted molar refractivity (Wildman–Crippen MR) is 117 cm³/mol. The van der Waals surface area contributed by atoms with Gasteiger partial charge in [-0.1, -0.05) is 18.2 Å². The maximum Gasteiger partial charge on any atom is 0.254 e. The summed E-state index contributed by atoms with van der Waals surface area (Å²) in [6.45, 7) is 4.06. The molecule has 1 N–H and O–H groups in total. The van der Waals surface area contributed by atoms with Crippen LogP contribution in [0.15, 0.2) is 76.2 Å². The van der Waals surface area contributed by atoms with Crippen molar-refractivity contribution in [2.45, 2.75) is 37.9 Å². The number of aromatic hydroxyl groups is 1. The molecular weight excluding hydrogens is 416 g/mol. The number of furan rings is 1. The number of sulfonamides is 1. The van der Waals surface area contributed by atoms with E-state index in [9.17, 15) is 18.3 Å². The molecule has 0 saturated carbocycles. The van der Waals surface area contributed by atoms with Gasteiger partial charge in [-0.05, 0) is 61.9 Å². The SMILES string of the molecule is CC(C)N(C)S(=O)(=O)c1cccc(C(=O)N(Cc2ccc(O)cc2)Cc2ccco2)c1. The lowest BCUT2D eigenvalue weighted by atomic mass is 10.1. The van der Waals surface area contributed by atoms with Gasteiger partial charge in [0.15, 0.2) is 0 Å². The van der Waals surface area contributed by atoms with Crippen LogP contribution in [-0.4, -0.2) is 41.7 Å². The molecule has 164 valence electrons. The van der Waals surface area contributed by atoms with Crippen LogP contribution in [0.25, 0.3) is 0 Å². The van der Waals surface area contributed by atoms with E-state index in [-0.39, 0.29) is 41.2 Å². The lowest BCUT2D eigenvalue weighted by Gasteiger charge is -2.23. The number of hydrogen-bond donors (Lipinski definition) is 1. The number of phenolic OH excluding ortho intramolecular Hbond substituents is 1. The van der Waals surface area contributed by atoms with Crippen molar-refractivity contribution < 1.29 is 22.7 Å². The van der Waals surface area contributed by atoms with Gasteiger partial charge in [0.05, 0.1) is 17.7 Å². The second-order valence-electron chi connectivity index (χ2n) is 7.55. The van der Waals surface area contributed by atoms with E-state index in [2.05, 4.69) is 0 Å². The molecule has 8 heteroatoms. The van der Waals surface area contributed by atoms with Gasteiger partial charge in [0.25, 0.3) is 5.91 Å². The Morgan fingerprint density at radius 2 is 1.74 bits per heavy atom. The minimum atomic E-state index is -3.72. The fraction of sp³-hybridized carbons (Fsp3) is 0.261. The maximum atomic E-state index is 13.4. The average molecular weight is 443 g/mol. The van der Waals surface area contributed by atoms with Gasteiger partial charge in [-0.25, -0.2) is 8.42 Å². The van der Waals surface area contributed by atoms with Crippen LogP contribution >= 0.6 is 0 Å². The van der Waals surface area contributed by atoms with Gasteiger partial charge in [0.2, 0.25) is 10.0 Å². The Labute approximate surface area is 182 Å². The van der Waals surface area contributed by atoms with Crippen LogP contribution in [0.4, 0.5) is 0 Å². The zero-order valence-corrected chi connectivity index (χ0v) is 18.5. The molecule has 1 aromatic heterocycles.